The molecule has 3 heteroatoms. The van der Waals surface area contributed by atoms with Gasteiger partial charge in [-0.25, -0.2) is 0 Å². The van der Waals surface area contributed by atoms with Gasteiger partial charge in [-0.05, 0) is 12.8 Å². The normalized spacial score (nSPS) is 19.2. The molecule has 3 nitrogen and oxygen atoms in total. The van der Waals surface area contributed by atoms with Crippen molar-refractivity contribution < 1.29 is 4.79 Å². The Balaban J connectivity index is 2.25. The Labute approximate surface area is 71.4 Å². The van der Waals surface area contributed by atoms with Gasteiger partial charge in [-0.2, -0.15) is 5.10 Å². The Morgan fingerprint density at radius 2 is 2.33 bits per heavy atom. The highest BCUT2D eigenvalue weighted by molar-refractivity contribution is 6.01. The molecule has 0 radical (unpaired) electrons. The Bertz CT molecular complexity index is 323. The Morgan fingerprint density at radius 1 is 1.67 bits per heavy atom. The molecule has 0 aliphatic heterocycles. The van der Waals surface area contributed by atoms with Crippen LogP contribution >= 0.6 is 0 Å². The Morgan fingerprint density at radius 3 is 2.75 bits per heavy atom. The molecule has 0 spiro atoms. The van der Waals surface area contributed by atoms with Crippen LogP contribution in [0.2, 0.25) is 0 Å². The van der Waals surface area contributed by atoms with Crippen LogP contribution in [0.15, 0.2) is 12.4 Å². The Hall–Kier alpha value is -1.12. The second-order valence-corrected chi connectivity index (χ2v) is 3.79. The molecule has 0 atom stereocenters. The molecule has 0 unspecified atom stereocenters. The van der Waals surface area contributed by atoms with Crippen molar-refractivity contribution in [3.8, 4) is 0 Å². The number of rotatable bonds is 2. The first kappa shape index (κ1) is 7.53. The first-order valence-corrected chi connectivity index (χ1v) is 4.15. The van der Waals surface area contributed by atoms with Crippen molar-refractivity contribution in [2.45, 2.75) is 19.8 Å². The number of nitrogens with zero attached hydrogens (tertiary/aromatic N) is 2. The number of hydrogen-bond donors (Lipinski definition) is 0. The van der Waals surface area contributed by atoms with Crippen molar-refractivity contribution in [3.05, 3.63) is 18.0 Å². The summed E-state index contributed by atoms with van der Waals surface area (Å²) in [6.07, 6.45) is 5.49. The van der Waals surface area contributed by atoms with Crippen LogP contribution in [0.4, 0.5) is 0 Å². The van der Waals surface area contributed by atoms with Gasteiger partial charge in [0.2, 0.25) is 0 Å². The summed E-state index contributed by atoms with van der Waals surface area (Å²) < 4.78 is 1.67. The van der Waals surface area contributed by atoms with E-state index in [9.17, 15) is 4.79 Å². The van der Waals surface area contributed by atoms with Crippen molar-refractivity contribution in [2.75, 3.05) is 0 Å². The Kier molecular flexibility index (Phi) is 1.37. The molecule has 0 amide bonds. The number of ketones is 1. The fraction of sp³-hybridized carbons (Fsp3) is 0.556. The molecule has 0 aromatic carbocycles. The summed E-state index contributed by atoms with van der Waals surface area (Å²) in [4.78, 5) is 11.7. The first-order chi connectivity index (χ1) is 5.62. The topological polar surface area (TPSA) is 34.9 Å². The monoisotopic (exact) mass is 164 g/mol. The van der Waals surface area contributed by atoms with Gasteiger partial charge < -0.3 is 0 Å². The van der Waals surface area contributed by atoms with Gasteiger partial charge in [-0.15, -0.1) is 0 Å². The maximum atomic E-state index is 11.7. The van der Waals surface area contributed by atoms with E-state index in [1.54, 1.807) is 17.1 Å². The smallest absolute Gasteiger partial charge is 0.171 e. The maximum absolute atomic E-state index is 11.7. The lowest BCUT2D eigenvalue weighted by atomic mass is 10.00. The van der Waals surface area contributed by atoms with Crippen LogP contribution in [0.3, 0.4) is 0 Å². The summed E-state index contributed by atoms with van der Waals surface area (Å²) >= 11 is 0. The van der Waals surface area contributed by atoms with Crippen LogP contribution in [-0.2, 0) is 7.05 Å². The number of hydrogen-bond acceptors (Lipinski definition) is 2. The second kappa shape index (κ2) is 2.19. The lowest BCUT2D eigenvalue weighted by Crippen LogP contribution is -2.10. The molecular weight excluding hydrogens is 152 g/mol. The highest BCUT2D eigenvalue weighted by atomic mass is 16.1. The van der Waals surface area contributed by atoms with Gasteiger partial charge in [0.1, 0.15) is 0 Å². The average Bonchev–Trinajstić information content (AvgIpc) is 2.62. The third-order valence-electron chi connectivity index (χ3n) is 2.52. The number of aromatic nitrogens is 2. The van der Waals surface area contributed by atoms with Crippen molar-refractivity contribution in [2.24, 2.45) is 12.5 Å². The third kappa shape index (κ3) is 1.05. The molecule has 1 aliphatic rings. The largest absolute Gasteiger partial charge is 0.293 e. The van der Waals surface area contributed by atoms with Gasteiger partial charge in [0.05, 0.1) is 11.8 Å². The maximum Gasteiger partial charge on any atom is 0.171 e. The summed E-state index contributed by atoms with van der Waals surface area (Å²) in [6.45, 7) is 2.02. The number of Topliss-reactive ketones (excluding diaryl/α,β-unsaturated/α-hetero) is 1. The number of carbonyl (C=O) groups is 1. The van der Waals surface area contributed by atoms with Gasteiger partial charge in [-0.3, -0.25) is 9.48 Å². The van der Waals surface area contributed by atoms with Crippen LogP contribution < -0.4 is 0 Å². The molecule has 0 saturated heterocycles. The van der Waals surface area contributed by atoms with Crippen LogP contribution in [0.5, 0.6) is 0 Å². The quantitative estimate of drug-likeness (QED) is 0.619. The zero-order valence-corrected chi connectivity index (χ0v) is 7.37. The summed E-state index contributed by atoms with van der Waals surface area (Å²) in [5, 5.41) is 3.97. The van der Waals surface area contributed by atoms with E-state index in [1.807, 2.05) is 14.0 Å². The summed E-state index contributed by atoms with van der Waals surface area (Å²) in [6, 6.07) is 0. The van der Waals surface area contributed by atoms with E-state index in [-0.39, 0.29) is 11.2 Å². The third-order valence-corrected chi connectivity index (χ3v) is 2.52. The highest BCUT2D eigenvalue weighted by Crippen LogP contribution is 2.47. The molecule has 12 heavy (non-hydrogen) atoms. The number of carbonyl (C=O) groups excluding carboxylic acids is 1. The minimum atomic E-state index is -0.0664. The molecule has 1 aliphatic carbocycles. The van der Waals surface area contributed by atoms with Gasteiger partial charge in [0.25, 0.3) is 0 Å². The summed E-state index contributed by atoms with van der Waals surface area (Å²) in [5.74, 6) is 0.246. The average molecular weight is 164 g/mol. The molecule has 1 aromatic rings. The van der Waals surface area contributed by atoms with E-state index >= 15 is 0 Å². The van der Waals surface area contributed by atoms with Gasteiger partial charge in [0, 0.05) is 18.7 Å². The van der Waals surface area contributed by atoms with Gasteiger partial charge in [0.15, 0.2) is 5.78 Å². The van der Waals surface area contributed by atoms with E-state index in [1.165, 1.54) is 0 Å². The van der Waals surface area contributed by atoms with Gasteiger partial charge >= 0.3 is 0 Å². The summed E-state index contributed by atoms with van der Waals surface area (Å²) in [5.41, 5.74) is 0.681. The fourth-order valence-electron chi connectivity index (χ4n) is 1.30. The predicted molar refractivity (Wildman–Crippen MR) is 44.9 cm³/mol. The minimum absolute atomic E-state index is 0.0664. The van der Waals surface area contributed by atoms with Crippen molar-refractivity contribution >= 4 is 5.78 Å². The van der Waals surface area contributed by atoms with Crippen molar-refractivity contribution in [1.29, 1.82) is 0 Å². The fourth-order valence-corrected chi connectivity index (χ4v) is 1.30. The second-order valence-electron chi connectivity index (χ2n) is 3.79. The van der Waals surface area contributed by atoms with E-state index < -0.39 is 0 Å². The molecule has 1 aromatic heterocycles. The molecule has 2 rings (SSSR count). The van der Waals surface area contributed by atoms with E-state index in [2.05, 4.69) is 5.10 Å². The van der Waals surface area contributed by atoms with Crippen molar-refractivity contribution in [1.82, 2.24) is 9.78 Å². The SMILES string of the molecule is Cn1cc(C(=O)C2(C)CC2)cn1. The molecule has 0 bridgehead atoms. The predicted octanol–water partition coefficient (Wildman–Crippen LogP) is 1.40. The molecule has 0 N–H and O–H groups in total. The molecule has 1 fully saturated rings. The molecule has 1 saturated carbocycles. The van der Waals surface area contributed by atoms with E-state index in [4.69, 9.17) is 0 Å². The van der Waals surface area contributed by atoms with E-state index in [0.717, 1.165) is 18.4 Å². The van der Waals surface area contributed by atoms with Crippen LogP contribution in [0.1, 0.15) is 30.1 Å². The van der Waals surface area contributed by atoms with Crippen molar-refractivity contribution in [3.63, 3.8) is 0 Å². The highest BCUT2D eigenvalue weighted by Gasteiger charge is 2.45. The van der Waals surface area contributed by atoms with Crippen LogP contribution in [-0.4, -0.2) is 15.6 Å². The molecule has 64 valence electrons. The first-order valence-electron chi connectivity index (χ1n) is 4.15. The molecule has 1 heterocycles. The molecular formula is C9H12N2O. The lowest BCUT2D eigenvalue weighted by molar-refractivity contribution is 0.0912. The minimum Gasteiger partial charge on any atom is -0.293 e. The van der Waals surface area contributed by atoms with Crippen LogP contribution in [0, 0.1) is 5.41 Å². The lowest BCUT2D eigenvalue weighted by Gasteiger charge is -2.02. The zero-order valence-electron chi connectivity index (χ0n) is 7.37. The zero-order chi connectivity index (χ0) is 8.77. The summed E-state index contributed by atoms with van der Waals surface area (Å²) in [7, 11) is 1.83. The standard InChI is InChI=1S/C9H12N2O/c1-9(3-4-9)8(12)7-5-10-11(2)6-7/h5-6H,3-4H2,1-2H3. The van der Waals surface area contributed by atoms with E-state index in [0.29, 0.717) is 0 Å². The number of aryl methyl sites for hydroxylation is 1. The van der Waals surface area contributed by atoms with Gasteiger partial charge in [-0.1, -0.05) is 6.92 Å². The van der Waals surface area contributed by atoms with Crippen LogP contribution in [0.25, 0.3) is 0 Å².